The van der Waals surface area contributed by atoms with E-state index in [1.165, 1.54) is 6.92 Å². The molecule has 2 unspecified atom stereocenters. The normalized spacial score (nSPS) is 12.3. The summed E-state index contributed by atoms with van der Waals surface area (Å²) in [7, 11) is -5.51. The van der Waals surface area contributed by atoms with Gasteiger partial charge in [0.1, 0.15) is 15.4 Å². The quantitative estimate of drug-likeness (QED) is 0.0195. The molecule has 2 atom stereocenters. The van der Waals surface area contributed by atoms with Crippen LogP contribution in [0.3, 0.4) is 0 Å². The molecule has 15 nitrogen and oxygen atoms in total. The van der Waals surface area contributed by atoms with Crippen molar-refractivity contribution in [3.8, 4) is 34.5 Å². The van der Waals surface area contributed by atoms with E-state index in [-0.39, 0.29) is 68.1 Å². The van der Waals surface area contributed by atoms with Gasteiger partial charge in [0.2, 0.25) is 34.5 Å². The van der Waals surface area contributed by atoms with Gasteiger partial charge in [-0.25, -0.2) is 8.42 Å². The maximum atomic E-state index is 14.8. The fraction of sp³-hybridized carbons (Fsp3) is 0.810. The Bertz CT molecular complexity index is 1930. The third-order valence-corrected chi connectivity index (χ3v) is 15.6. The van der Waals surface area contributed by atoms with Crippen LogP contribution in [0.25, 0.3) is 0 Å². The summed E-state index contributed by atoms with van der Waals surface area (Å²) >= 11 is 0. The third-order valence-electron chi connectivity index (χ3n) is 14.3. The van der Waals surface area contributed by atoms with E-state index in [0.717, 1.165) is 141 Å². The van der Waals surface area contributed by atoms with Crippen molar-refractivity contribution in [2.75, 3.05) is 0 Å². The summed E-state index contributed by atoms with van der Waals surface area (Å²) in [5, 5.41) is -2.35. The van der Waals surface area contributed by atoms with Crippen LogP contribution >= 0.6 is 0 Å². The van der Waals surface area contributed by atoms with Crippen LogP contribution in [0, 0.1) is 11.3 Å². The van der Waals surface area contributed by atoms with Crippen molar-refractivity contribution in [2.24, 2.45) is 11.3 Å². The number of hydrogen-bond acceptors (Lipinski definition) is 15. The van der Waals surface area contributed by atoms with Crippen LogP contribution < -0.4 is 58.0 Å². The van der Waals surface area contributed by atoms with Crippen LogP contribution in [0.4, 0.5) is 0 Å². The van der Waals surface area contributed by atoms with Crippen LogP contribution in [0.1, 0.15) is 313 Å². The second kappa shape index (κ2) is 46.3. The van der Waals surface area contributed by atoms with Gasteiger partial charge >= 0.3 is 65.4 Å². The Morgan fingerprint density at radius 3 is 0.812 bits per heavy atom. The molecule has 456 valence electrons. The number of rotatable bonds is 49. The summed E-state index contributed by atoms with van der Waals surface area (Å²) in [4.78, 5) is 85.7. The van der Waals surface area contributed by atoms with E-state index < -0.39 is 97.0 Å². The Morgan fingerprint density at radius 1 is 0.375 bits per heavy atom. The zero-order valence-electron chi connectivity index (χ0n) is 51.8. The molecule has 0 heterocycles. The van der Waals surface area contributed by atoms with E-state index in [1.54, 1.807) is 0 Å². The van der Waals surface area contributed by atoms with Crippen LogP contribution in [-0.2, 0) is 38.9 Å². The molecule has 80 heavy (non-hydrogen) atoms. The van der Waals surface area contributed by atoms with Gasteiger partial charge in [0.05, 0.1) is 0 Å². The first-order valence-electron chi connectivity index (χ1n) is 31.2. The number of unbranched alkanes of at least 4 members (excludes halogenated alkanes) is 26. The Morgan fingerprint density at radius 2 is 0.588 bits per heavy atom. The predicted molar refractivity (Wildman–Crippen MR) is 311 cm³/mol. The van der Waals surface area contributed by atoms with Crippen molar-refractivity contribution in [2.45, 2.75) is 318 Å². The SMILES string of the molecule is CCCCCCCCC(=O)Oc1c(OC(=O)CCCCCCCC)c(OC(=O)CCCCCCCC)c(OC(=O)C(C(C)CC(C)(C)CCCC)S(=O)(=O)[O-])c(OC(=O)CCCCCCCC)c1OC(=O)CCCCCCCC.[Na+]. The molecule has 0 saturated carbocycles. The van der Waals surface area contributed by atoms with Gasteiger partial charge in [-0.05, 0) is 56.3 Å². The van der Waals surface area contributed by atoms with Crippen molar-refractivity contribution < 1.29 is 99.7 Å². The monoisotopic (exact) mass is 1160 g/mol. The van der Waals surface area contributed by atoms with E-state index in [2.05, 4.69) is 34.6 Å². The van der Waals surface area contributed by atoms with Crippen molar-refractivity contribution >= 4 is 45.9 Å². The summed E-state index contributed by atoms with van der Waals surface area (Å²) in [6.07, 6.45) is 25.9. The summed E-state index contributed by atoms with van der Waals surface area (Å²) in [6.45, 7) is 17.7. The van der Waals surface area contributed by atoms with Crippen molar-refractivity contribution in [3.05, 3.63) is 0 Å². The van der Waals surface area contributed by atoms with Gasteiger partial charge in [-0.1, -0.05) is 236 Å². The molecule has 0 bridgehead atoms. The molecule has 1 aromatic rings. The minimum Gasteiger partial charge on any atom is -0.747 e. The maximum absolute atomic E-state index is 14.8. The van der Waals surface area contributed by atoms with Gasteiger partial charge < -0.3 is 33.0 Å². The molecule has 0 aliphatic rings. The standard InChI is InChI=1S/C63H108O15S.Na/c1-10-16-22-27-32-37-42-50(64)73-55-56(74-51(65)43-38-33-28-23-17-11-2)58(76-53(67)45-40-35-30-25-19-13-4)60(78-62(69)61(79(70,71)72)49(7)48-63(8,9)47-21-15-6)59(77-54(68)46-41-36-31-26-20-14-5)57(55)75-52(66)44-39-34-29-24-18-12-3;/h49,61H,10-48H2,1-9H3,(H,70,71,72);/q;+1/p-1. The Labute approximate surface area is 506 Å². The molecule has 17 heteroatoms. The third kappa shape index (κ3) is 34.5. The van der Waals surface area contributed by atoms with Crippen LogP contribution in [0.5, 0.6) is 34.5 Å². The fourth-order valence-corrected chi connectivity index (χ4v) is 10.7. The Hall–Kier alpha value is -3.05. The van der Waals surface area contributed by atoms with E-state index in [0.29, 0.717) is 70.6 Å². The molecular weight excluding hydrogens is 1050 g/mol. The summed E-state index contributed by atoms with van der Waals surface area (Å²) in [5.41, 5.74) is -0.525. The van der Waals surface area contributed by atoms with Gasteiger partial charge in [-0.15, -0.1) is 0 Å². The van der Waals surface area contributed by atoms with Crippen molar-refractivity contribution in [1.82, 2.24) is 0 Å². The Balaban J connectivity index is 0.0000624. The first-order valence-corrected chi connectivity index (χ1v) is 32.7. The van der Waals surface area contributed by atoms with E-state index in [1.807, 2.05) is 20.8 Å². The van der Waals surface area contributed by atoms with Gasteiger partial charge in [0.15, 0.2) is 0 Å². The molecule has 0 spiro atoms. The number of benzene rings is 1. The van der Waals surface area contributed by atoms with Gasteiger partial charge in [0, 0.05) is 32.1 Å². The van der Waals surface area contributed by atoms with Crippen LogP contribution in [0.2, 0.25) is 0 Å². The second-order valence-electron chi connectivity index (χ2n) is 22.7. The van der Waals surface area contributed by atoms with Gasteiger partial charge in [-0.2, -0.15) is 0 Å². The zero-order chi connectivity index (χ0) is 58.9. The average Bonchev–Trinajstić information content (AvgIpc) is 3.38. The van der Waals surface area contributed by atoms with E-state index in [9.17, 15) is 41.7 Å². The number of hydrogen-bond donors (Lipinski definition) is 0. The smallest absolute Gasteiger partial charge is 0.747 e. The Kier molecular flexibility index (Phi) is 44.6. The van der Waals surface area contributed by atoms with Gasteiger partial charge in [-0.3, -0.25) is 28.8 Å². The molecule has 0 saturated heterocycles. The van der Waals surface area contributed by atoms with Crippen LogP contribution in [0.15, 0.2) is 0 Å². The van der Waals surface area contributed by atoms with Crippen molar-refractivity contribution in [1.29, 1.82) is 0 Å². The first-order chi connectivity index (χ1) is 37.8. The summed E-state index contributed by atoms with van der Waals surface area (Å²) in [5.74, 6) is -12.2. The zero-order valence-corrected chi connectivity index (χ0v) is 54.6. The molecule has 0 amide bonds. The molecule has 1 rings (SSSR count). The molecule has 0 aliphatic heterocycles. The number of carbonyl (C=O) groups is 6. The minimum atomic E-state index is -5.51. The maximum Gasteiger partial charge on any atom is 1.00 e. The molecule has 1 aromatic carbocycles. The van der Waals surface area contributed by atoms with Crippen molar-refractivity contribution in [3.63, 3.8) is 0 Å². The number of esters is 6. The fourth-order valence-electron chi connectivity index (χ4n) is 9.78. The first kappa shape index (κ1) is 77.0. The second-order valence-corrected chi connectivity index (χ2v) is 24.2. The summed E-state index contributed by atoms with van der Waals surface area (Å²) in [6, 6.07) is 0. The van der Waals surface area contributed by atoms with E-state index in [4.69, 9.17) is 28.4 Å². The van der Waals surface area contributed by atoms with Crippen LogP contribution in [-0.4, -0.2) is 54.0 Å². The number of ether oxygens (including phenoxy) is 6. The molecule has 0 aromatic heterocycles. The predicted octanol–water partition coefficient (Wildman–Crippen LogP) is 14.0. The largest absolute Gasteiger partial charge is 1.00 e. The van der Waals surface area contributed by atoms with Gasteiger partial charge in [0.25, 0.3) is 0 Å². The number of carbonyl (C=O) groups excluding carboxylic acids is 6. The molecule has 0 radical (unpaired) electrons. The minimum absolute atomic E-state index is 0. The molecule has 0 aliphatic carbocycles. The topological polar surface area (TPSA) is 215 Å². The van der Waals surface area contributed by atoms with E-state index >= 15 is 0 Å². The summed E-state index contributed by atoms with van der Waals surface area (Å²) < 4.78 is 76.5. The molecule has 0 N–H and O–H groups in total. The molecule has 0 fully saturated rings. The average molecular weight is 1160 g/mol. The molecular formula is C63H107NaO15S.